The van der Waals surface area contributed by atoms with Gasteiger partial charge in [-0.2, -0.15) is 0 Å². The minimum atomic E-state index is -1.07. The fourth-order valence-corrected chi connectivity index (χ4v) is 1.67. The van der Waals surface area contributed by atoms with E-state index in [2.05, 4.69) is 10.3 Å². The molecule has 20 heavy (non-hydrogen) atoms. The lowest BCUT2D eigenvalue weighted by Crippen LogP contribution is -2.15. The van der Waals surface area contributed by atoms with Gasteiger partial charge in [0.2, 0.25) is 0 Å². The molecule has 0 fully saturated rings. The van der Waals surface area contributed by atoms with Crippen molar-refractivity contribution in [3.8, 4) is 0 Å². The van der Waals surface area contributed by atoms with E-state index < -0.39 is 11.9 Å². The van der Waals surface area contributed by atoms with Crippen molar-refractivity contribution >= 4 is 23.3 Å². The molecule has 1 amide bonds. The van der Waals surface area contributed by atoms with Crippen molar-refractivity contribution in [1.29, 1.82) is 0 Å². The van der Waals surface area contributed by atoms with Crippen LogP contribution in [0, 0.1) is 6.92 Å². The van der Waals surface area contributed by atoms with Gasteiger partial charge < -0.3 is 16.2 Å². The Kier molecular flexibility index (Phi) is 3.65. The molecule has 0 spiro atoms. The second-order valence-corrected chi connectivity index (χ2v) is 4.23. The fraction of sp³-hybridized carbons (Fsp3) is 0.0714. The lowest BCUT2D eigenvalue weighted by Gasteiger charge is -2.08. The first-order chi connectivity index (χ1) is 9.47. The molecule has 0 bridgehead atoms. The lowest BCUT2D eigenvalue weighted by molar-refractivity contribution is 0.0697. The van der Waals surface area contributed by atoms with Crippen molar-refractivity contribution in [3.63, 3.8) is 0 Å². The van der Waals surface area contributed by atoms with Crippen molar-refractivity contribution in [2.24, 2.45) is 0 Å². The van der Waals surface area contributed by atoms with Crippen molar-refractivity contribution < 1.29 is 14.7 Å². The Bertz CT molecular complexity index is 683. The molecule has 1 heterocycles. The van der Waals surface area contributed by atoms with Crippen LogP contribution < -0.4 is 11.1 Å². The van der Waals surface area contributed by atoms with E-state index in [1.165, 1.54) is 18.2 Å². The van der Waals surface area contributed by atoms with Gasteiger partial charge in [-0.3, -0.25) is 4.79 Å². The molecule has 6 heteroatoms. The molecule has 0 saturated heterocycles. The molecule has 1 aromatic carbocycles. The van der Waals surface area contributed by atoms with E-state index in [-0.39, 0.29) is 16.9 Å². The van der Waals surface area contributed by atoms with Gasteiger partial charge in [0.05, 0.1) is 16.9 Å². The van der Waals surface area contributed by atoms with Gasteiger partial charge in [-0.05, 0) is 37.3 Å². The standard InChI is InChI=1S/C14H13N3O3/c1-8-3-2-4-12(16-8)13(18)17-11-6-5-9(14(19)20)7-10(11)15/h2-7H,15H2,1H3,(H,17,18)(H,19,20). The molecule has 6 nitrogen and oxygen atoms in total. The van der Waals surface area contributed by atoms with Crippen LogP contribution in [0.2, 0.25) is 0 Å². The summed E-state index contributed by atoms with van der Waals surface area (Å²) in [5.41, 5.74) is 7.32. The summed E-state index contributed by atoms with van der Waals surface area (Å²) in [6.45, 7) is 1.78. The number of aryl methyl sites for hydroxylation is 1. The Hall–Kier alpha value is -2.89. The van der Waals surface area contributed by atoms with Crippen LogP contribution in [0.1, 0.15) is 26.5 Å². The molecular weight excluding hydrogens is 258 g/mol. The molecule has 0 aliphatic rings. The third kappa shape index (κ3) is 2.92. The number of aromatic nitrogens is 1. The van der Waals surface area contributed by atoms with E-state index >= 15 is 0 Å². The molecule has 0 radical (unpaired) electrons. The average molecular weight is 271 g/mol. The number of carboxylic acid groups (broad SMARTS) is 1. The predicted octanol–water partition coefficient (Wildman–Crippen LogP) is 1.92. The Labute approximate surface area is 115 Å². The first-order valence-corrected chi connectivity index (χ1v) is 5.85. The molecular formula is C14H13N3O3. The Balaban J connectivity index is 2.22. The Morgan fingerprint density at radius 3 is 2.60 bits per heavy atom. The molecule has 2 aromatic rings. The van der Waals surface area contributed by atoms with Crippen LogP contribution in [-0.4, -0.2) is 22.0 Å². The van der Waals surface area contributed by atoms with Crippen molar-refractivity contribution in [2.75, 3.05) is 11.1 Å². The third-order valence-corrected chi connectivity index (χ3v) is 2.67. The number of pyridine rings is 1. The van der Waals surface area contributed by atoms with Gasteiger partial charge in [-0.15, -0.1) is 0 Å². The summed E-state index contributed by atoms with van der Waals surface area (Å²) in [5.74, 6) is -1.47. The van der Waals surface area contributed by atoms with E-state index in [0.29, 0.717) is 5.69 Å². The van der Waals surface area contributed by atoms with Gasteiger partial charge >= 0.3 is 5.97 Å². The van der Waals surface area contributed by atoms with E-state index in [9.17, 15) is 9.59 Å². The van der Waals surface area contributed by atoms with Crippen LogP contribution in [-0.2, 0) is 0 Å². The monoisotopic (exact) mass is 271 g/mol. The van der Waals surface area contributed by atoms with Gasteiger partial charge in [-0.1, -0.05) is 6.07 Å². The maximum Gasteiger partial charge on any atom is 0.335 e. The van der Waals surface area contributed by atoms with Crippen LogP contribution in [0.5, 0.6) is 0 Å². The van der Waals surface area contributed by atoms with Gasteiger partial charge in [0.1, 0.15) is 5.69 Å². The van der Waals surface area contributed by atoms with Crippen molar-refractivity contribution in [1.82, 2.24) is 4.98 Å². The minimum absolute atomic E-state index is 0.0641. The topological polar surface area (TPSA) is 105 Å². The molecule has 0 atom stereocenters. The van der Waals surface area contributed by atoms with Crippen LogP contribution in [0.4, 0.5) is 11.4 Å². The summed E-state index contributed by atoms with van der Waals surface area (Å²) in [7, 11) is 0. The molecule has 0 saturated carbocycles. The summed E-state index contributed by atoms with van der Waals surface area (Å²) < 4.78 is 0. The first-order valence-electron chi connectivity index (χ1n) is 5.85. The number of hydrogen-bond acceptors (Lipinski definition) is 4. The lowest BCUT2D eigenvalue weighted by atomic mass is 10.1. The Morgan fingerprint density at radius 1 is 1.25 bits per heavy atom. The maximum absolute atomic E-state index is 12.0. The van der Waals surface area contributed by atoms with E-state index in [0.717, 1.165) is 5.69 Å². The van der Waals surface area contributed by atoms with Gasteiger partial charge in [0.25, 0.3) is 5.91 Å². The highest BCUT2D eigenvalue weighted by atomic mass is 16.4. The largest absolute Gasteiger partial charge is 0.478 e. The SMILES string of the molecule is Cc1cccc(C(=O)Nc2ccc(C(=O)O)cc2N)n1. The zero-order valence-corrected chi connectivity index (χ0v) is 10.8. The second-order valence-electron chi connectivity index (χ2n) is 4.23. The van der Waals surface area contributed by atoms with E-state index in [4.69, 9.17) is 10.8 Å². The summed E-state index contributed by atoms with van der Waals surface area (Å²) in [5, 5.41) is 11.4. The van der Waals surface area contributed by atoms with E-state index in [1.807, 2.05) is 0 Å². The smallest absolute Gasteiger partial charge is 0.335 e. The number of carbonyl (C=O) groups excluding carboxylic acids is 1. The normalized spacial score (nSPS) is 10.1. The number of aromatic carboxylic acids is 1. The number of nitrogen functional groups attached to an aromatic ring is 1. The van der Waals surface area contributed by atoms with Gasteiger partial charge in [0.15, 0.2) is 0 Å². The Morgan fingerprint density at radius 2 is 2.00 bits per heavy atom. The van der Waals surface area contributed by atoms with Crippen LogP contribution in [0.25, 0.3) is 0 Å². The first kappa shape index (κ1) is 13.5. The number of nitrogens with zero attached hydrogens (tertiary/aromatic N) is 1. The van der Waals surface area contributed by atoms with Crippen LogP contribution in [0.3, 0.4) is 0 Å². The second kappa shape index (κ2) is 5.40. The number of nitrogens with one attached hydrogen (secondary N) is 1. The average Bonchev–Trinajstić information content (AvgIpc) is 2.40. The number of carboxylic acids is 1. The number of hydrogen-bond donors (Lipinski definition) is 3. The van der Waals surface area contributed by atoms with Gasteiger partial charge in [-0.25, -0.2) is 9.78 Å². The van der Waals surface area contributed by atoms with Crippen molar-refractivity contribution in [2.45, 2.75) is 6.92 Å². The quantitative estimate of drug-likeness (QED) is 0.739. The highest BCUT2D eigenvalue weighted by Gasteiger charge is 2.11. The molecule has 2 rings (SSSR count). The highest BCUT2D eigenvalue weighted by Crippen LogP contribution is 2.20. The van der Waals surface area contributed by atoms with Crippen LogP contribution in [0.15, 0.2) is 36.4 Å². The van der Waals surface area contributed by atoms with Crippen LogP contribution >= 0.6 is 0 Å². The zero-order valence-electron chi connectivity index (χ0n) is 10.8. The molecule has 4 N–H and O–H groups in total. The number of carbonyl (C=O) groups is 2. The highest BCUT2D eigenvalue weighted by molar-refractivity contribution is 6.05. The number of rotatable bonds is 3. The summed E-state index contributed by atoms with van der Waals surface area (Å²) >= 11 is 0. The summed E-state index contributed by atoms with van der Waals surface area (Å²) in [6.07, 6.45) is 0. The third-order valence-electron chi connectivity index (χ3n) is 2.67. The van der Waals surface area contributed by atoms with Gasteiger partial charge in [0, 0.05) is 5.69 Å². The molecule has 1 aromatic heterocycles. The van der Waals surface area contributed by atoms with Crippen molar-refractivity contribution in [3.05, 3.63) is 53.3 Å². The maximum atomic E-state index is 12.0. The molecule has 0 unspecified atom stereocenters. The van der Waals surface area contributed by atoms with E-state index in [1.54, 1.807) is 25.1 Å². The number of nitrogens with two attached hydrogens (primary N) is 1. The number of anilines is 2. The molecule has 0 aliphatic heterocycles. The minimum Gasteiger partial charge on any atom is -0.478 e. The molecule has 0 aliphatic carbocycles. The zero-order chi connectivity index (χ0) is 14.7. The molecule has 102 valence electrons. The fourth-order valence-electron chi connectivity index (χ4n) is 1.67. The predicted molar refractivity (Wildman–Crippen MR) is 74.7 cm³/mol. The summed E-state index contributed by atoms with van der Waals surface area (Å²) in [4.78, 5) is 26.9. The summed E-state index contributed by atoms with van der Waals surface area (Å²) in [6, 6.07) is 9.22. The number of benzene rings is 1. The number of amides is 1.